The number of benzene rings is 1. The SMILES string of the molecule is CC(C)(C#N)c1cc(CN2CNC=N2)cc(C(C)(C)C#N)c1. The first kappa shape index (κ1) is 15.9. The predicted molar refractivity (Wildman–Crippen MR) is 85.8 cm³/mol. The molecule has 1 aromatic rings. The van der Waals surface area contributed by atoms with Gasteiger partial charge in [-0.3, -0.25) is 5.01 Å². The first-order valence-electron chi connectivity index (χ1n) is 7.27. The van der Waals surface area contributed by atoms with Gasteiger partial charge in [0.05, 0.1) is 29.5 Å². The van der Waals surface area contributed by atoms with Gasteiger partial charge in [0, 0.05) is 0 Å². The molecular weight excluding hydrogens is 274 g/mol. The Morgan fingerprint density at radius 1 is 1.09 bits per heavy atom. The van der Waals surface area contributed by atoms with Crippen molar-refractivity contribution in [1.82, 2.24) is 10.3 Å². The second-order valence-electron chi connectivity index (χ2n) is 6.66. The van der Waals surface area contributed by atoms with Crippen molar-refractivity contribution in [2.75, 3.05) is 6.67 Å². The molecule has 0 fully saturated rings. The molecule has 0 atom stereocenters. The van der Waals surface area contributed by atoms with E-state index in [2.05, 4.69) is 22.6 Å². The predicted octanol–water partition coefficient (Wildman–Crippen LogP) is 2.59. The van der Waals surface area contributed by atoms with Crippen LogP contribution in [-0.4, -0.2) is 18.0 Å². The Kier molecular flexibility index (Phi) is 4.10. The lowest BCUT2D eigenvalue weighted by molar-refractivity contribution is 0.300. The normalized spacial score (nSPS) is 14.4. The molecule has 0 aromatic heterocycles. The van der Waals surface area contributed by atoms with Gasteiger partial charge in [-0.1, -0.05) is 18.2 Å². The molecule has 0 bridgehead atoms. The summed E-state index contributed by atoms with van der Waals surface area (Å²) >= 11 is 0. The molecule has 114 valence electrons. The van der Waals surface area contributed by atoms with Crippen molar-refractivity contribution >= 4 is 6.34 Å². The first-order valence-corrected chi connectivity index (χ1v) is 7.27. The van der Waals surface area contributed by atoms with Gasteiger partial charge in [-0.25, -0.2) is 0 Å². The molecule has 0 saturated carbocycles. The zero-order chi connectivity index (χ0) is 16.4. The summed E-state index contributed by atoms with van der Waals surface area (Å²) in [5, 5.41) is 28.0. The molecule has 1 aromatic carbocycles. The number of hydrogen-bond donors (Lipinski definition) is 1. The van der Waals surface area contributed by atoms with Crippen LogP contribution in [0.15, 0.2) is 23.3 Å². The Morgan fingerprint density at radius 3 is 2.05 bits per heavy atom. The van der Waals surface area contributed by atoms with Crippen LogP contribution in [0, 0.1) is 22.7 Å². The summed E-state index contributed by atoms with van der Waals surface area (Å²) in [4.78, 5) is 0. The number of hydrazone groups is 1. The lowest BCUT2D eigenvalue weighted by atomic mass is 9.79. The van der Waals surface area contributed by atoms with E-state index < -0.39 is 10.8 Å². The van der Waals surface area contributed by atoms with E-state index >= 15 is 0 Å². The molecule has 5 heteroatoms. The van der Waals surface area contributed by atoms with Crippen LogP contribution < -0.4 is 5.32 Å². The topological polar surface area (TPSA) is 75.2 Å². The molecular formula is C17H21N5. The number of rotatable bonds is 4. The average Bonchev–Trinajstić information content (AvgIpc) is 2.99. The van der Waals surface area contributed by atoms with Gasteiger partial charge < -0.3 is 5.32 Å². The molecule has 5 nitrogen and oxygen atoms in total. The van der Waals surface area contributed by atoms with E-state index in [1.807, 2.05) is 50.9 Å². The minimum Gasteiger partial charge on any atom is -0.356 e. The fraction of sp³-hybridized carbons (Fsp3) is 0.471. The Hall–Kier alpha value is -2.53. The highest BCUT2D eigenvalue weighted by molar-refractivity contribution is 5.55. The summed E-state index contributed by atoms with van der Waals surface area (Å²) in [6.45, 7) is 8.89. The van der Waals surface area contributed by atoms with Crippen LogP contribution in [0.5, 0.6) is 0 Å². The van der Waals surface area contributed by atoms with Gasteiger partial charge in [0.2, 0.25) is 0 Å². The quantitative estimate of drug-likeness (QED) is 0.926. The van der Waals surface area contributed by atoms with Crippen LogP contribution >= 0.6 is 0 Å². The maximum atomic E-state index is 9.41. The number of nitrogens with one attached hydrogen (secondary N) is 1. The monoisotopic (exact) mass is 295 g/mol. The Morgan fingerprint density at radius 2 is 1.64 bits per heavy atom. The average molecular weight is 295 g/mol. The molecule has 1 heterocycles. The summed E-state index contributed by atoms with van der Waals surface area (Å²) in [6.07, 6.45) is 1.67. The van der Waals surface area contributed by atoms with E-state index in [1.54, 1.807) is 6.34 Å². The van der Waals surface area contributed by atoms with Gasteiger partial charge >= 0.3 is 0 Å². The van der Waals surface area contributed by atoms with E-state index in [9.17, 15) is 10.5 Å². The van der Waals surface area contributed by atoms with Crippen molar-refractivity contribution in [1.29, 1.82) is 10.5 Å². The number of nitrogens with zero attached hydrogens (tertiary/aromatic N) is 4. The summed E-state index contributed by atoms with van der Waals surface area (Å²) in [5.41, 5.74) is 1.73. The largest absolute Gasteiger partial charge is 0.356 e. The van der Waals surface area contributed by atoms with Crippen LogP contribution in [0.2, 0.25) is 0 Å². The second-order valence-corrected chi connectivity index (χ2v) is 6.66. The van der Waals surface area contributed by atoms with Crippen molar-refractivity contribution in [2.45, 2.75) is 45.1 Å². The van der Waals surface area contributed by atoms with E-state index in [1.165, 1.54) is 0 Å². The molecule has 0 amide bonds. The third-order valence-corrected chi connectivity index (χ3v) is 3.95. The minimum atomic E-state index is -0.594. The van der Waals surface area contributed by atoms with Gasteiger partial charge in [0.15, 0.2) is 0 Å². The van der Waals surface area contributed by atoms with Gasteiger partial charge in [0.1, 0.15) is 13.0 Å². The van der Waals surface area contributed by atoms with E-state index in [-0.39, 0.29) is 0 Å². The second kappa shape index (κ2) is 5.69. The molecule has 0 aliphatic carbocycles. The lowest BCUT2D eigenvalue weighted by Gasteiger charge is -2.24. The Balaban J connectivity index is 2.47. The van der Waals surface area contributed by atoms with Crippen LogP contribution in [-0.2, 0) is 17.4 Å². The van der Waals surface area contributed by atoms with Crippen molar-refractivity contribution < 1.29 is 0 Å². The van der Waals surface area contributed by atoms with Gasteiger partial charge in [-0.15, -0.1) is 0 Å². The van der Waals surface area contributed by atoms with Crippen molar-refractivity contribution in [2.24, 2.45) is 5.10 Å². The standard InChI is InChI=1S/C17H21N5/c1-16(2,9-18)14-5-13(8-22-12-20-11-21-22)6-15(7-14)17(3,4)10-19/h5-7,11H,8,12H2,1-4H3,(H,20,21). The maximum absolute atomic E-state index is 9.41. The molecule has 0 radical (unpaired) electrons. The molecule has 1 aliphatic rings. The van der Waals surface area contributed by atoms with E-state index in [0.717, 1.165) is 16.7 Å². The van der Waals surface area contributed by atoms with Crippen molar-refractivity contribution in [3.05, 3.63) is 34.9 Å². The highest BCUT2D eigenvalue weighted by atomic mass is 15.5. The van der Waals surface area contributed by atoms with E-state index in [4.69, 9.17) is 0 Å². The Labute approximate surface area is 131 Å². The van der Waals surface area contributed by atoms with Crippen LogP contribution in [0.3, 0.4) is 0 Å². The minimum absolute atomic E-state index is 0.594. The zero-order valence-corrected chi connectivity index (χ0v) is 13.5. The van der Waals surface area contributed by atoms with Gasteiger partial charge in [0.25, 0.3) is 0 Å². The summed E-state index contributed by atoms with van der Waals surface area (Å²) in [7, 11) is 0. The number of hydrogen-bond acceptors (Lipinski definition) is 5. The van der Waals surface area contributed by atoms with Gasteiger partial charge in [-0.2, -0.15) is 15.6 Å². The summed E-state index contributed by atoms with van der Waals surface area (Å²) in [6, 6.07) is 10.7. The first-order chi connectivity index (χ1) is 10.3. The molecule has 2 rings (SSSR count). The van der Waals surface area contributed by atoms with Crippen molar-refractivity contribution in [3.8, 4) is 12.1 Å². The molecule has 1 aliphatic heterocycles. The van der Waals surface area contributed by atoms with Crippen LogP contribution in [0.4, 0.5) is 0 Å². The van der Waals surface area contributed by atoms with Crippen LogP contribution in [0.25, 0.3) is 0 Å². The molecule has 0 unspecified atom stereocenters. The lowest BCUT2D eigenvalue weighted by Crippen LogP contribution is -2.23. The van der Waals surface area contributed by atoms with E-state index in [0.29, 0.717) is 13.2 Å². The third-order valence-electron chi connectivity index (χ3n) is 3.95. The Bertz CT molecular complexity index is 629. The molecule has 0 saturated heterocycles. The molecule has 0 spiro atoms. The van der Waals surface area contributed by atoms with Gasteiger partial charge in [-0.05, 0) is 44.4 Å². The summed E-state index contributed by atoms with van der Waals surface area (Å²) < 4.78 is 0. The van der Waals surface area contributed by atoms with Crippen molar-refractivity contribution in [3.63, 3.8) is 0 Å². The third kappa shape index (κ3) is 3.20. The maximum Gasteiger partial charge on any atom is 0.110 e. The fourth-order valence-corrected chi connectivity index (χ4v) is 2.25. The number of nitriles is 2. The molecule has 22 heavy (non-hydrogen) atoms. The summed E-state index contributed by atoms with van der Waals surface area (Å²) in [5.74, 6) is 0. The zero-order valence-electron chi connectivity index (χ0n) is 13.5. The smallest absolute Gasteiger partial charge is 0.110 e. The highest BCUT2D eigenvalue weighted by Gasteiger charge is 2.26. The molecule has 1 N–H and O–H groups in total. The van der Waals surface area contributed by atoms with Crippen LogP contribution in [0.1, 0.15) is 44.4 Å². The highest BCUT2D eigenvalue weighted by Crippen LogP contribution is 2.30. The fourth-order valence-electron chi connectivity index (χ4n) is 2.25.